The summed E-state index contributed by atoms with van der Waals surface area (Å²) in [6, 6.07) is 6.18. The van der Waals surface area contributed by atoms with Gasteiger partial charge in [0.05, 0.1) is 22.5 Å². The van der Waals surface area contributed by atoms with Gasteiger partial charge in [-0.25, -0.2) is 4.98 Å². The molecule has 0 unspecified atom stereocenters. The third-order valence-corrected chi connectivity index (χ3v) is 7.78. The minimum absolute atomic E-state index is 0.206. The van der Waals surface area contributed by atoms with E-state index in [1.54, 1.807) is 18.5 Å². The summed E-state index contributed by atoms with van der Waals surface area (Å²) in [5.41, 5.74) is 1.04. The number of nitrogens with one attached hydrogen (secondary N) is 1. The summed E-state index contributed by atoms with van der Waals surface area (Å²) in [5.74, 6) is 0.558. The molecule has 1 aliphatic rings. The van der Waals surface area contributed by atoms with E-state index in [4.69, 9.17) is 16.6 Å². The van der Waals surface area contributed by atoms with Crippen LogP contribution in [0.15, 0.2) is 48.9 Å². The number of aromatic nitrogens is 3. The summed E-state index contributed by atoms with van der Waals surface area (Å²) in [7, 11) is -0.592. The second kappa shape index (κ2) is 10.3. The van der Waals surface area contributed by atoms with Crippen molar-refractivity contribution < 1.29 is 21.6 Å². The molecule has 1 aromatic carbocycles. The van der Waals surface area contributed by atoms with Crippen LogP contribution in [-0.4, -0.2) is 60.9 Å². The van der Waals surface area contributed by atoms with Crippen molar-refractivity contribution in [3.8, 4) is 22.5 Å². The number of pyridine rings is 1. The van der Waals surface area contributed by atoms with Crippen molar-refractivity contribution in [1.29, 1.82) is 0 Å². The number of anilines is 1. The fraction of sp³-hybridized carbons (Fsp3) is 0.348. The molecular formula is C23H24ClF3N6O2S. The molecule has 1 saturated heterocycles. The number of benzene rings is 1. The lowest BCUT2D eigenvalue weighted by molar-refractivity contribution is -0.137. The molecule has 0 aliphatic carbocycles. The van der Waals surface area contributed by atoms with E-state index in [-0.39, 0.29) is 6.04 Å². The van der Waals surface area contributed by atoms with Crippen LogP contribution < -0.4 is 9.62 Å². The number of alkyl halides is 3. The van der Waals surface area contributed by atoms with Gasteiger partial charge in [0.15, 0.2) is 0 Å². The second-order valence-electron chi connectivity index (χ2n) is 8.52. The van der Waals surface area contributed by atoms with Crippen LogP contribution in [0.2, 0.25) is 5.02 Å². The summed E-state index contributed by atoms with van der Waals surface area (Å²) < 4.78 is 67.2. The smallest absolute Gasteiger partial charge is 0.355 e. The summed E-state index contributed by atoms with van der Waals surface area (Å²) >= 11 is 6.39. The van der Waals surface area contributed by atoms with Crippen molar-refractivity contribution in [3.63, 3.8) is 0 Å². The second-order valence-corrected chi connectivity index (χ2v) is 10.8. The van der Waals surface area contributed by atoms with Crippen molar-refractivity contribution in [2.45, 2.75) is 25.1 Å². The molecule has 36 heavy (non-hydrogen) atoms. The number of nitrogens with zero attached hydrogens (tertiary/aromatic N) is 5. The van der Waals surface area contributed by atoms with Gasteiger partial charge in [0.25, 0.3) is 10.2 Å². The number of hydrogen-bond acceptors (Lipinski definition) is 6. The molecule has 3 aromatic rings. The minimum atomic E-state index is -4.45. The van der Waals surface area contributed by atoms with Gasteiger partial charge in [-0.05, 0) is 31.0 Å². The predicted molar refractivity (Wildman–Crippen MR) is 132 cm³/mol. The van der Waals surface area contributed by atoms with Gasteiger partial charge < -0.3 is 4.90 Å². The monoisotopic (exact) mass is 540 g/mol. The fourth-order valence-corrected chi connectivity index (χ4v) is 4.93. The SMILES string of the molecule is CN(C)S(=O)(=O)NC1CCN(c2cnc(-c3ccc(C(F)(F)F)cc3)c(-c3ccncc3Cl)n2)CC1. The van der Waals surface area contributed by atoms with E-state index in [0.717, 1.165) is 16.4 Å². The topological polar surface area (TPSA) is 91.3 Å². The van der Waals surface area contributed by atoms with Crippen molar-refractivity contribution in [1.82, 2.24) is 24.0 Å². The molecular weight excluding hydrogens is 517 g/mol. The lowest BCUT2D eigenvalue weighted by Gasteiger charge is -2.33. The van der Waals surface area contributed by atoms with Crippen molar-refractivity contribution in [3.05, 3.63) is 59.5 Å². The Bertz CT molecular complexity index is 1330. The average Bonchev–Trinajstić information content (AvgIpc) is 2.84. The molecule has 0 amide bonds. The number of halogens is 4. The third-order valence-electron chi connectivity index (χ3n) is 5.89. The first-order valence-corrected chi connectivity index (χ1v) is 12.9. The fourth-order valence-electron chi connectivity index (χ4n) is 3.86. The zero-order valence-electron chi connectivity index (χ0n) is 19.5. The molecule has 13 heteroatoms. The van der Waals surface area contributed by atoms with Gasteiger partial charge in [-0.1, -0.05) is 23.7 Å². The normalized spacial score (nSPS) is 15.5. The summed E-state index contributed by atoms with van der Waals surface area (Å²) in [6.45, 7) is 1.08. The molecule has 4 rings (SSSR count). The quantitative estimate of drug-likeness (QED) is 0.503. The standard InChI is InChI=1S/C23H24ClF3N6O2S/c1-32(2)36(34,35)31-17-8-11-33(12-9-17)20-14-29-21(15-3-5-16(6-4-15)23(25,26)27)22(30-20)18-7-10-28-13-19(18)24/h3-7,10,13-14,17,31H,8-9,11-12H2,1-2H3. The lowest BCUT2D eigenvalue weighted by Crippen LogP contribution is -2.48. The van der Waals surface area contributed by atoms with Crippen LogP contribution in [0.3, 0.4) is 0 Å². The van der Waals surface area contributed by atoms with Crippen LogP contribution in [0.4, 0.5) is 19.0 Å². The van der Waals surface area contributed by atoms with Gasteiger partial charge in [0.1, 0.15) is 11.5 Å². The minimum Gasteiger partial charge on any atom is -0.355 e. The Morgan fingerprint density at radius 3 is 2.31 bits per heavy atom. The van der Waals surface area contributed by atoms with Crippen LogP contribution in [0.25, 0.3) is 22.5 Å². The molecule has 2 aromatic heterocycles. The van der Waals surface area contributed by atoms with Crippen LogP contribution in [0, 0.1) is 0 Å². The highest BCUT2D eigenvalue weighted by Gasteiger charge is 2.30. The van der Waals surface area contributed by atoms with Gasteiger partial charge in [-0.15, -0.1) is 0 Å². The third kappa shape index (κ3) is 5.77. The first kappa shape index (κ1) is 26.3. The highest BCUT2D eigenvalue weighted by atomic mass is 35.5. The van der Waals surface area contributed by atoms with E-state index in [2.05, 4.69) is 14.7 Å². The van der Waals surface area contributed by atoms with Crippen molar-refractivity contribution >= 4 is 27.6 Å². The van der Waals surface area contributed by atoms with Gasteiger partial charge in [-0.2, -0.15) is 30.6 Å². The number of piperidine rings is 1. The van der Waals surface area contributed by atoms with E-state index in [1.807, 2.05) is 4.90 Å². The van der Waals surface area contributed by atoms with Gasteiger partial charge in [0, 0.05) is 56.7 Å². The van der Waals surface area contributed by atoms with E-state index in [9.17, 15) is 21.6 Å². The summed E-state index contributed by atoms with van der Waals surface area (Å²) in [6.07, 6.45) is 1.27. The maximum atomic E-state index is 13.0. The highest BCUT2D eigenvalue weighted by molar-refractivity contribution is 7.87. The van der Waals surface area contributed by atoms with E-state index < -0.39 is 21.9 Å². The maximum absolute atomic E-state index is 13.0. The molecule has 0 radical (unpaired) electrons. The predicted octanol–water partition coefficient (Wildman–Crippen LogP) is 4.24. The van der Waals surface area contributed by atoms with Crippen LogP contribution in [0.1, 0.15) is 18.4 Å². The molecule has 0 spiro atoms. The van der Waals surface area contributed by atoms with E-state index in [0.29, 0.717) is 59.3 Å². The van der Waals surface area contributed by atoms with Crippen molar-refractivity contribution in [2.24, 2.45) is 0 Å². The van der Waals surface area contributed by atoms with Crippen LogP contribution >= 0.6 is 11.6 Å². The van der Waals surface area contributed by atoms with Gasteiger partial charge in [0.2, 0.25) is 0 Å². The van der Waals surface area contributed by atoms with Crippen molar-refractivity contribution in [2.75, 3.05) is 32.1 Å². The molecule has 192 valence electrons. The Labute approximate surface area is 212 Å². The number of hydrogen-bond donors (Lipinski definition) is 1. The first-order valence-electron chi connectivity index (χ1n) is 11.0. The number of rotatable bonds is 6. The Balaban J connectivity index is 1.64. The highest BCUT2D eigenvalue weighted by Crippen LogP contribution is 2.36. The zero-order chi connectivity index (χ0) is 26.1. The van der Waals surface area contributed by atoms with Gasteiger partial charge in [-0.3, -0.25) is 9.97 Å². The molecule has 0 saturated carbocycles. The molecule has 1 N–H and O–H groups in total. The molecule has 0 atom stereocenters. The average molecular weight is 541 g/mol. The largest absolute Gasteiger partial charge is 0.416 e. The Kier molecular flexibility index (Phi) is 7.51. The summed E-state index contributed by atoms with van der Waals surface area (Å²) in [4.78, 5) is 15.3. The molecule has 3 heterocycles. The van der Waals surface area contributed by atoms with Crippen LogP contribution in [-0.2, 0) is 16.4 Å². The molecule has 8 nitrogen and oxygen atoms in total. The summed E-state index contributed by atoms with van der Waals surface area (Å²) in [5, 5.41) is 0.328. The van der Waals surface area contributed by atoms with Crippen LogP contribution in [0.5, 0.6) is 0 Å². The molecule has 0 bridgehead atoms. The Morgan fingerprint density at radius 1 is 1.06 bits per heavy atom. The van der Waals surface area contributed by atoms with Gasteiger partial charge >= 0.3 is 6.18 Å². The maximum Gasteiger partial charge on any atom is 0.416 e. The first-order chi connectivity index (χ1) is 17.0. The molecule has 1 aliphatic heterocycles. The van der Waals surface area contributed by atoms with E-state index in [1.165, 1.54) is 32.4 Å². The Morgan fingerprint density at radius 2 is 1.72 bits per heavy atom. The lowest BCUT2D eigenvalue weighted by atomic mass is 10.0. The zero-order valence-corrected chi connectivity index (χ0v) is 21.1. The molecule has 1 fully saturated rings. The Hall–Kier alpha value is -2.80. The van der Waals surface area contributed by atoms with E-state index >= 15 is 0 Å².